The average molecular weight is 341 g/mol. The van der Waals surface area contributed by atoms with Gasteiger partial charge in [-0.05, 0) is 41.1 Å². The van der Waals surface area contributed by atoms with Crippen molar-refractivity contribution in [2.24, 2.45) is 0 Å². The minimum absolute atomic E-state index is 0.00217. The van der Waals surface area contributed by atoms with E-state index in [2.05, 4.69) is 20.8 Å². The predicted molar refractivity (Wildman–Crippen MR) is 88.5 cm³/mol. The standard InChI is InChI=1S/C17H16FN5O2/c1-11-20-21-22-23(11)13-7-8-14(18)15(9-13)19-17(25)10-16(24)12-5-3-2-4-6-12/h2-9,16,24H,10H2,1H3,(H,19,25). The molecule has 1 atom stereocenters. The number of tetrazole rings is 1. The smallest absolute Gasteiger partial charge is 0.227 e. The number of nitrogens with zero attached hydrogens (tertiary/aromatic N) is 4. The number of aliphatic hydroxyl groups excluding tert-OH is 1. The van der Waals surface area contributed by atoms with E-state index in [1.54, 1.807) is 31.2 Å². The van der Waals surface area contributed by atoms with E-state index in [9.17, 15) is 14.3 Å². The van der Waals surface area contributed by atoms with Gasteiger partial charge in [-0.15, -0.1) is 5.10 Å². The topological polar surface area (TPSA) is 92.9 Å². The molecule has 0 saturated heterocycles. The number of amides is 1. The van der Waals surface area contributed by atoms with E-state index < -0.39 is 17.8 Å². The third-order valence-electron chi connectivity index (χ3n) is 3.66. The largest absolute Gasteiger partial charge is 0.388 e. The van der Waals surface area contributed by atoms with Gasteiger partial charge in [0.25, 0.3) is 0 Å². The zero-order chi connectivity index (χ0) is 17.8. The minimum Gasteiger partial charge on any atom is -0.388 e. The van der Waals surface area contributed by atoms with Crippen LogP contribution in [0.4, 0.5) is 10.1 Å². The number of carbonyl (C=O) groups is 1. The fourth-order valence-corrected chi connectivity index (χ4v) is 2.38. The Morgan fingerprint density at radius 3 is 2.72 bits per heavy atom. The summed E-state index contributed by atoms with van der Waals surface area (Å²) in [5, 5.41) is 23.7. The number of rotatable bonds is 5. The van der Waals surface area contributed by atoms with Gasteiger partial charge in [-0.1, -0.05) is 30.3 Å². The Kier molecular flexibility index (Phi) is 4.80. The number of benzene rings is 2. The monoisotopic (exact) mass is 341 g/mol. The highest BCUT2D eigenvalue weighted by Crippen LogP contribution is 2.21. The Labute approximate surface area is 143 Å². The van der Waals surface area contributed by atoms with E-state index in [4.69, 9.17) is 0 Å². The lowest BCUT2D eigenvalue weighted by Gasteiger charge is -2.12. The maximum atomic E-state index is 14.0. The number of aryl methyl sites for hydroxylation is 1. The molecule has 1 aromatic heterocycles. The summed E-state index contributed by atoms with van der Waals surface area (Å²) >= 11 is 0. The number of hydrogen-bond donors (Lipinski definition) is 2. The molecule has 1 unspecified atom stereocenters. The van der Waals surface area contributed by atoms with Gasteiger partial charge in [0.2, 0.25) is 5.91 Å². The van der Waals surface area contributed by atoms with Crippen molar-refractivity contribution in [3.05, 3.63) is 65.7 Å². The highest BCUT2D eigenvalue weighted by atomic mass is 19.1. The predicted octanol–water partition coefficient (Wildman–Crippen LogP) is 2.17. The second kappa shape index (κ2) is 7.18. The summed E-state index contributed by atoms with van der Waals surface area (Å²) in [6.07, 6.45) is -1.15. The van der Waals surface area contributed by atoms with Crippen LogP contribution in [0.15, 0.2) is 48.5 Å². The quantitative estimate of drug-likeness (QED) is 0.742. The molecule has 2 N–H and O–H groups in total. The lowest BCUT2D eigenvalue weighted by molar-refractivity contribution is -0.118. The third-order valence-corrected chi connectivity index (χ3v) is 3.66. The maximum absolute atomic E-state index is 14.0. The number of aromatic nitrogens is 4. The summed E-state index contributed by atoms with van der Waals surface area (Å²) in [5.74, 6) is -0.554. The van der Waals surface area contributed by atoms with Crippen molar-refractivity contribution in [3.63, 3.8) is 0 Å². The molecule has 0 saturated carbocycles. The molecule has 1 heterocycles. The highest BCUT2D eigenvalue weighted by Gasteiger charge is 2.15. The van der Waals surface area contributed by atoms with Gasteiger partial charge in [-0.3, -0.25) is 4.79 Å². The van der Waals surface area contributed by atoms with E-state index in [-0.39, 0.29) is 12.1 Å². The number of nitrogens with one attached hydrogen (secondary N) is 1. The van der Waals surface area contributed by atoms with Crippen LogP contribution in [0.2, 0.25) is 0 Å². The zero-order valence-corrected chi connectivity index (χ0v) is 13.4. The average Bonchev–Trinajstić information content (AvgIpc) is 3.03. The normalized spacial score (nSPS) is 12.0. The molecule has 0 aliphatic rings. The molecule has 3 aromatic rings. The Bertz CT molecular complexity index is 882. The van der Waals surface area contributed by atoms with Gasteiger partial charge in [0, 0.05) is 0 Å². The van der Waals surface area contributed by atoms with Crippen molar-refractivity contribution in [2.45, 2.75) is 19.4 Å². The van der Waals surface area contributed by atoms with Gasteiger partial charge in [-0.2, -0.15) is 4.68 Å². The van der Waals surface area contributed by atoms with Crippen molar-refractivity contribution < 1.29 is 14.3 Å². The molecule has 0 spiro atoms. The zero-order valence-electron chi connectivity index (χ0n) is 13.4. The van der Waals surface area contributed by atoms with Crippen LogP contribution in [-0.2, 0) is 4.79 Å². The van der Waals surface area contributed by atoms with Crippen LogP contribution >= 0.6 is 0 Å². The molecule has 0 bridgehead atoms. The van der Waals surface area contributed by atoms with Gasteiger partial charge in [-0.25, -0.2) is 4.39 Å². The Balaban J connectivity index is 1.74. The molecular weight excluding hydrogens is 325 g/mol. The second-order valence-electron chi connectivity index (χ2n) is 5.48. The van der Waals surface area contributed by atoms with Crippen molar-refractivity contribution >= 4 is 11.6 Å². The van der Waals surface area contributed by atoms with Gasteiger partial charge in [0.1, 0.15) is 5.82 Å². The van der Waals surface area contributed by atoms with Gasteiger partial charge in [0.05, 0.1) is 23.9 Å². The van der Waals surface area contributed by atoms with Crippen LogP contribution in [0.3, 0.4) is 0 Å². The number of hydrogen-bond acceptors (Lipinski definition) is 5. The summed E-state index contributed by atoms with van der Waals surface area (Å²) < 4.78 is 15.4. The first-order chi connectivity index (χ1) is 12.0. The van der Waals surface area contributed by atoms with Gasteiger partial charge < -0.3 is 10.4 Å². The lowest BCUT2D eigenvalue weighted by Crippen LogP contribution is -2.16. The first-order valence-corrected chi connectivity index (χ1v) is 7.62. The summed E-state index contributed by atoms with van der Waals surface area (Å²) in [7, 11) is 0. The van der Waals surface area contributed by atoms with E-state index in [1.807, 2.05) is 6.07 Å². The number of aliphatic hydroxyl groups is 1. The Hall–Kier alpha value is -3.13. The van der Waals surface area contributed by atoms with Crippen LogP contribution in [0.1, 0.15) is 23.9 Å². The molecule has 0 radical (unpaired) electrons. The van der Waals surface area contributed by atoms with Crippen LogP contribution < -0.4 is 5.32 Å². The fraction of sp³-hybridized carbons (Fsp3) is 0.176. The van der Waals surface area contributed by atoms with Crippen LogP contribution in [-0.4, -0.2) is 31.2 Å². The molecule has 8 heteroatoms. The molecule has 2 aromatic carbocycles. The Morgan fingerprint density at radius 1 is 1.28 bits per heavy atom. The van der Waals surface area contributed by atoms with Crippen molar-refractivity contribution in [1.29, 1.82) is 0 Å². The van der Waals surface area contributed by atoms with Crippen LogP contribution in [0.5, 0.6) is 0 Å². The molecule has 0 aliphatic heterocycles. The molecule has 3 rings (SSSR count). The van der Waals surface area contributed by atoms with E-state index >= 15 is 0 Å². The molecule has 0 fully saturated rings. The van der Waals surface area contributed by atoms with Crippen molar-refractivity contribution in [1.82, 2.24) is 20.2 Å². The first-order valence-electron chi connectivity index (χ1n) is 7.62. The molecule has 0 aliphatic carbocycles. The van der Waals surface area contributed by atoms with Gasteiger partial charge in [0.15, 0.2) is 5.82 Å². The highest BCUT2D eigenvalue weighted by molar-refractivity contribution is 5.91. The van der Waals surface area contributed by atoms with Crippen molar-refractivity contribution in [2.75, 3.05) is 5.32 Å². The maximum Gasteiger partial charge on any atom is 0.227 e. The number of halogens is 1. The number of carbonyl (C=O) groups excluding carboxylic acids is 1. The summed E-state index contributed by atoms with van der Waals surface area (Å²) in [6, 6.07) is 13.0. The SMILES string of the molecule is Cc1nnnn1-c1ccc(F)c(NC(=O)CC(O)c2ccccc2)c1. The molecular formula is C17H16FN5O2. The molecule has 128 valence electrons. The molecule has 7 nitrogen and oxygen atoms in total. The van der Waals surface area contributed by atoms with Crippen molar-refractivity contribution in [3.8, 4) is 5.69 Å². The minimum atomic E-state index is -0.964. The summed E-state index contributed by atoms with van der Waals surface area (Å²) in [5.41, 5.74) is 1.14. The lowest BCUT2D eigenvalue weighted by atomic mass is 10.1. The summed E-state index contributed by atoms with van der Waals surface area (Å²) in [4.78, 5) is 12.1. The third kappa shape index (κ3) is 3.86. The second-order valence-corrected chi connectivity index (χ2v) is 5.48. The molecule has 1 amide bonds. The van der Waals surface area contributed by atoms with E-state index in [1.165, 1.54) is 22.9 Å². The van der Waals surface area contributed by atoms with E-state index in [0.717, 1.165) is 0 Å². The van der Waals surface area contributed by atoms with Crippen LogP contribution in [0, 0.1) is 12.7 Å². The number of anilines is 1. The fourth-order valence-electron chi connectivity index (χ4n) is 2.38. The summed E-state index contributed by atoms with van der Waals surface area (Å²) in [6.45, 7) is 1.71. The van der Waals surface area contributed by atoms with Crippen LogP contribution in [0.25, 0.3) is 5.69 Å². The van der Waals surface area contributed by atoms with Gasteiger partial charge >= 0.3 is 0 Å². The molecule has 25 heavy (non-hydrogen) atoms. The Morgan fingerprint density at radius 2 is 2.04 bits per heavy atom. The first kappa shape index (κ1) is 16.7. The van der Waals surface area contributed by atoms with E-state index in [0.29, 0.717) is 17.1 Å².